The van der Waals surface area contributed by atoms with Gasteiger partial charge in [-0.25, -0.2) is 14.4 Å². The van der Waals surface area contributed by atoms with E-state index < -0.39 is 11.9 Å². The monoisotopic (exact) mass is 882 g/mol. The van der Waals surface area contributed by atoms with E-state index in [1.165, 1.54) is 6.07 Å². The maximum atomic E-state index is 14.1. The van der Waals surface area contributed by atoms with Crippen LogP contribution in [-0.2, 0) is 9.59 Å². The highest BCUT2D eigenvalue weighted by Crippen LogP contribution is 2.34. The van der Waals surface area contributed by atoms with Crippen molar-refractivity contribution in [1.82, 2.24) is 9.97 Å². The predicted octanol–water partition coefficient (Wildman–Crippen LogP) is 8.71. The topological polar surface area (TPSA) is 157 Å². The molecule has 6 heterocycles. The van der Waals surface area contributed by atoms with E-state index in [2.05, 4.69) is 25.1 Å². The van der Waals surface area contributed by atoms with E-state index in [1.807, 2.05) is 105 Å². The van der Waals surface area contributed by atoms with Crippen molar-refractivity contribution in [3.63, 3.8) is 0 Å². The molecule has 0 amide bonds. The molecule has 2 fully saturated rings. The maximum absolute atomic E-state index is 14.1. The van der Waals surface area contributed by atoms with Gasteiger partial charge >= 0.3 is 11.9 Å². The van der Waals surface area contributed by atoms with Crippen LogP contribution in [0.25, 0.3) is 0 Å². The highest BCUT2D eigenvalue weighted by molar-refractivity contribution is 6.32. The van der Waals surface area contributed by atoms with Crippen LogP contribution in [0.4, 0.5) is 27.4 Å². The van der Waals surface area contributed by atoms with Gasteiger partial charge in [-0.3, -0.25) is 19.6 Å². The number of benzene rings is 2. The number of aromatic nitrogens is 2. The average molecular weight is 883 g/mol. The molecule has 0 spiro atoms. The Labute approximate surface area is 373 Å². The Bertz CT molecular complexity index is 2280. The molecule has 0 radical (unpaired) electrons. The van der Waals surface area contributed by atoms with Gasteiger partial charge in [-0.05, 0) is 93.6 Å². The van der Waals surface area contributed by atoms with Gasteiger partial charge in [0, 0.05) is 87.0 Å². The van der Waals surface area contributed by atoms with Gasteiger partial charge in [0.05, 0.1) is 41.3 Å². The first kappa shape index (κ1) is 45.1. The largest absolute Gasteiger partial charge is 0.490 e. The molecule has 14 nitrogen and oxygen atoms in total. The van der Waals surface area contributed by atoms with Crippen molar-refractivity contribution in [2.75, 3.05) is 46.0 Å². The minimum atomic E-state index is -0.830. The lowest BCUT2D eigenvalue weighted by Gasteiger charge is -2.33. The SMILES string of the molecule is CC1=NN(c2ccc(OC3CCN(c4nc(C)ccc4F)CC3)cc2)C(CC(=O)O)C1C.CC1=NN(c2ccc(OC3CCN(c4ncccc4Cl)CC3)cc2)C(CC(=O)O)C1C. The molecular formula is C47H56ClFN8O6. The third-order valence-corrected chi connectivity index (χ3v) is 12.7. The second-order valence-electron chi connectivity index (χ2n) is 16.7. The van der Waals surface area contributed by atoms with Crippen molar-refractivity contribution in [1.29, 1.82) is 0 Å². The number of nitrogens with zero attached hydrogens (tertiary/aromatic N) is 8. The number of aliphatic carboxylic acids is 2. The van der Waals surface area contributed by atoms with Crippen LogP contribution in [0.1, 0.15) is 71.9 Å². The van der Waals surface area contributed by atoms with Gasteiger partial charge in [0.25, 0.3) is 0 Å². The molecule has 8 rings (SSSR count). The van der Waals surface area contributed by atoms with E-state index in [1.54, 1.807) is 17.3 Å². The van der Waals surface area contributed by atoms with Crippen molar-refractivity contribution in [2.24, 2.45) is 22.0 Å². The molecular weight excluding hydrogens is 827 g/mol. The Morgan fingerprint density at radius 1 is 0.683 bits per heavy atom. The van der Waals surface area contributed by atoms with Crippen molar-refractivity contribution in [2.45, 2.75) is 97.4 Å². The minimum absolute atomic E-state index is 0.0369. The second kappa shape index (κ2) is 20.0. The molecule has 4 aromatic rings. The van der Waals surface area contributed by atoms with Crippen LogP contribution in [0.15, 0.2) is 89.2 Å². The number of piperidine rings is 2. The molecule has 4 aliphatic rings. The molecule has 334 valence electrons. The summed E-state index contributed by atoms with van der Waals surface area (Å²) < 4.78 is 26.5. The molecule has 0 bridgehead atoms. The number of hydrazone groups is 2. The Morgan fingerprint density at radius 3 is 1.56 bits per heavy atom. The molecule has 16 heteroatoms. The predicted molar refractivity (Wildman–Crippen MR) is 244 cm³/mol. The number of hydrogen-bond acceptors (Lipinski definition) is 12. The fourth-order valence-corrected chi connectivity index (χ4v) is 8.74. The van der Waals surface area contributed by atoms with E-state index in [-0.39, 0.29) is 54.8 Å². The minimum Gasteiger partial charge on any atom is -0.490 e. The van der Waals surface area contributed by atoms with Crippen LogP contribution in [0.2, 0.25) is 5.02 Å². The standard InChI is InChI=1S/C24H29FN4O3.C23H27ClN4O3/c1-15-4-9-21(25)24(26-15)28-12-10-20(11-13-28)32-19-7-5-18(6-8-19)29-22(14-23(30)31)16(2)17(3)27-29;1-15-16(2)26-28(21(15)14-22(29)30)17-5-7-18(8-6-17)31-19-9-12-27(13-10-19)23-20(24)4-3-11-25-23/h4-9,16,20,22H,10-14H2,1-3H3,(H,30,31);3-8,11,15,19,21H,9-10,12-14H2,1-2H3,(H,29,30). The van der Waals surface area contributed by atoms with Crippen molar-refractivity contribution < 1.29 is 33.7 Å². The zero-order valence-electron chi connectivity index (χ0n) is 36.4. The van der Waals surface area contributed by atoms with Crippen LogP contribution in [-0.4, -0.2) is 94.0 Å². The van der Waals surface area contributed by atoms with Crippen LogP contribution in [0, 0.1) is 24.6 Å². The summed E-state index contributed by atoms with van der Waals surface area (Å²) in [4.78, 5) is 35.5. The van der Waals surface area contributed by atoms with E-state index in [0.717, 1.165) is 84.6 Å². The molecule has 4 aliphatic heterocycles. The van der Waals surface area contributed by atoms with Gasteiger partial charge in [0.2, 0.25) is 0 Å². The van der Waals surface area contributed by atoms with Gasteiger partial charge in [0.1, 0.15) is 29.5 Å². The lowest BCUT2D eigenvalue weighted by Crippen LogP contribution is -2.39. The maximum Gasteiger partial charge on any atom is 0.305 e. The van der Waals surface area contributed by atoms with Gasteiger partial charge < -0.3 is 29.5 Å². The van der Waals surface area contributed by atoms with E-state index in [0.29, 0.717) is 23.9 Å². The number of pyridine rings is 2. The number of hydrogen-bond donors (Lipinski definition) is 2. The number of carbonyl (C=O) groups is 2. The first-order chi connectivity index (χ1) is 30.2. The molecule has 2 N–H and O–H groups in total. The van der Waals surface area contributed by atoms with Gasteiger partial charge in [-0.1, -0.05) is 25.4 Å². The number of carboxylic acid groups (broad SMARTS) is 2. The fourth-order valence-electron chi connectivity index (χ4n) is 8.50. The quantitative estimate of drug-likeness (QED) is 0.140. The zero-order chi connectivity index (χ0) is 44.8. The Balaban J connectivity index is 0.000000189. The summed E-state index contributed by atoms with van der Waals surface area (Å²) in [5.41, 5.74) is 4.41. The third kappa shape index (κ3) is 11.0. The first-order valence-electron chi connectivity index (χ1n) is 21.6. The summed E-state index contributed by atoms with van der Waals surface area (Å²) in [5.74, 6) is 1.06. The van der Waals surface area contributed by atoms with Gasteiger partial charge in [0.15, 0.2) is 11.6 Å². The summed E-state index contributed by atoms with van der Waals surface area (Å²) in [6.07, 6.45) is 5.39. The molecule has 63 heavy (non-hydrogen) atoms. The summed E-state index contributed by atoms with van der Waals surface area (Å²) in [7, 11) is 0. The number of anilines is 4. The molecule has 2 saturated heterocycles. The van der Waals surface area contributed by atoms with Crippen LogP contribution in [0.3, 0.4) is 0 Å². The summed E-state index contributed by atoms with van der Waals surface area (Å²) in [6.45, 7) is 12.8. The van der Waals surface area contributed by atoms with E-state index in [9.17, 15) is 24.2 Å². The van der Waals surface area contributed by atoms with Gasteiger partial charge in [-0.15, -0.1) is 0 Å². The average Bonchev–Trinajstić information content (AvgIpc) is 3.71. The van der Waals surface area contributed by atoms with Crippen molar-refractivity contribution in [3.8, 4) is 11.5 Å². The van der Waals surface area contributed by atoms with Crippen molar-refractivity contribution in [3.05, 3.63) is 95.5 Å². The second-order valence-corrected chi connectivity index (χ2v) is 17.2. The number of ether oxygens (including phenoxy) is 2. The van der Waals surface area contributed by atoms with Crippen molar-refractivity contribution >= 4 is 58.0 Å². The molecule has 4 unspecified atom stereocenters. The summed E-state index contributed by atoms with van der Waals surface area (Å²) >= 11 is 6.27. The number of carboxylic acids is 2. The molecule has 4 atom stereocenters. The van der Waals surface area contributed by atoms with Crippen LogP contribution in [0.5, 0.6) is 11.5 Å². The molecule has 2 aromatic carbocycles. The lowest BCUT2D eigenvalue weighted by atomic mass is 9.96. The molecule has 0 saturated carbocycles. The Hall–Kier alpha value is -5.96. The zero-order valence-corrected chi connectivity index (χ0v) is 37.2. The number of halogens is 2. The summed E-state index contributed by atoms with van der Waals surface area (Å²) in [6, 6.07) is 21.9. The molecule has 2 aromatic heterocycles. The smallest absolute Gasteiger partial charge is 0.305 e. The highest BCUT2D eigenvalue weighted by atomic mass is 35.5. The normalized spacial score (nSPS) is 21.7. The van der Waals surface area contributed by atoms with Crippen LogP contribution >= 0.6 is 11.6 Å². The van der Waals surface area contributed by atoms with E-state index in [4.69, 9.17) is 21.1 Å². The Morgan fingerprint density at radius 2 is 1.13 bits per heavy atom. The first-order valence-corrected chi connectivity index (χ1v) is 22.0. The summed E-state index contributed by atoms with van der Waals surface area (Å²) in [5, 5.41) is 32.0. The number of rotatable bonds is 12. The van der Waals surface area contributed by atoms with Gasteiger partial charge in [-0.2, -0.15) is 10.2 Å². The fraction of sp³-hybridized carbons (Fsp3) is 0.447. The molecule has 0 aliphatic carbocycles. The highest BCUT2D eigenvalue weighted by Gasteiger charge is 2.36. The number of aryl methyl sites for hydroxylation is 1. The van der Waals surface area contributed by atoms with Crippen LogP contribution < -0.4 is 29.3 Å². The third-order valence-electron chi connectivity index (χ3n) is 12.4. The van der Waals surface area contributed by atoms with E-state index >= 15 is 0 Å². The Kier molecular flexibility index (Phi) is 14.3. The lowest BCUT2D eigenvalue weighted by molar-refractivity contribution is -0.138.